The van der Waals surface area contributed by atoms with Crippen molar-refractivity contribution in [2.45, 2.75) is 90.4 Å². The quantitative estimate of drug-likeness (QED) is 0.229. The molecule has 0 radical (unpaired) electrons. The van der Waals surface area contributed by atoms with Gasteiger partial charge in [0.1, 0.15) is 0 Å². The van der Waals surface area contributed by atoms with Gasteiger partial charge >= 0.3 is 0 Å². The highest BCUT2D eigenvalue weighted by Gasteiger charge is 2.26. The predicted molar refractivity (Wildman–Crippen MR) is 113 cm³/mol. The molecule has 1 amide bonds. The average Bonchev–Trinajstić information content (AvgIpc) is 2.81. The highest BCUT2D eigenvalue weighted by atomic mass is 79.9. The molecule has 0 aromatic heterocycles. The molecule has 0 aliphatic carbocycles. The van der Waals surface area contributed by atoms with E-state index >= 15 is 0 Å². The van der Waals surface area contributed by atoms with Crippen LogP contribution >= 0.6 is 0 Å². The zero-order chi connectivity index (χ0) is 19.1. The maximum absolute atomic E-state index is 12.5. The molecule has 1 aliphatic rings. The van der Waals surface area contributed by atoms with Gasteiger partial charge in [0.25, 0.3) is 0 Å². The molecule has 4 heteroatoms. The minimum Gasteiger partial charge on any atom is -1.00 e. The number of carbonyl (C=O) groups excluding carboxylic acids is 1. The maximum atomic E-state index is 12.5. The molecular weight excluding hydrogens is 400 g/mol. The van der Waals surface area contributed by atoms with Crippen molar-refractivity contribution in [2.75, 3.05) is 39.8 Å². The number of amides is 1. The molecule has 1 aliphatic heterocycles. The molecule has 1 atom stereocenters. The Morgan fingerprint density at radius 3 is 2.04 bits per heavy atom. The SMILES string of the molecule is C=CC[N+]1(C)CCCN(C(=O)CCCCCCCCCCCCC)CC1.[Br-]. The van der Waals surface area contributed by atoms with Crippen molar-refractivity contribution in [1.29, 1.82) is 0 Å². The minimum atomic E-state index is 0. The van der Waals surface area contributed by atoms with Crippen LogP contribution in [0.5, 0.6) is 0 Å². The van der Waals surface area contributed by atoms with Crippen LogP contribution in [0.4, 0.5) is 0 Å². The number of rotatable bonds is 14. The standard InChI is InChI=1S/C23H45N2O.BrH/c1-4-6-7-8-9-10-11-12-13-14-15-17-23(26)24-18-16-21-25(3,20-5-2)22-19-24;/h5H,2,4,6-22H2,1,3H3;1H/q+1;/p-1. The molecular formula is C23H45BrN2O. The number of halogens is 1. The number of hydrogen-bond donors (Lipinski definition) is 0. The Morgan fingerprint density at radius 1 is 0.926 bits per heavy atom. The minimum absolute atomic E-state index is 0. The van der Waals surface area contributed by atoms with E-state index in [1.807, 2.05) is 6.08 Å². The van der Waals surface area contributed by atoms with Gasteiger partial charge in [-0.3, -0.25) is 4.79 Å². The molecule has 0 N–H and O–H groups in total. The van der Waals surface area contributed by atoms with Gasteiger partial charge in [0.05, 0.1) is 33.2 Å². The van der Waals surface area contributed by atoms with E-state index in [0.717, 1.165) is 56.5 Å². The Balaban J connectivity index is 0.00000676. The summed E-state index contributed by atoms with van der Waals surface area (Å²) in [4.78, 5) is 14.6. The smallest absolute Gasteiger partial charge is 0.222 e. The van der Waals surface area contributed by atoms with Crippen molar-refractivity contribution in [3.05, 3.63) is 12.7 Å². The second kappa shape index (κ2) is 16.6. The summed E-state index contributed by atoms with van der Waals surface area (Å²) < 4.78 is 1.03. The van der Waals surface area contributed by atoms with E-state index in [-0.39, 0.29) is 17.0 Å². The Bertz CT molecular complexity index is 389. The Hall–Kier alpha value is -0.350. The van der Waals surface area contributed by atoms with Gasteiger partial charge in [-0.1, -0.05) is 77.7 Å². The third kappa shape index (κ3) is 12.7. The maximum Gasteiger partial charge on any atom is 0.222 e. The van der Waals surface area contributed by atoms with Crippen molar-refractivity contribution in [3.63, 3.8) is 0 Å². The van der Waals surface area contributed by atoms with Crippen LogP contribution in [0.15, 0.2) is 12.7 Å². The van der Waals surface area contributed by atoms with Crippen LogP contribution in [0.2, 0.25) is 0 Å². The number of carbonyl (C=O) groups is 1. The van der Waals surface area contributed by atoms with E-state index in [0.29, 0.717) is 5.91 Å². The van der Waals surface area contributed by atoms with Gasteiger partial charge in [-0.05, 0) is 12.5 Å². The molecule has 1 heterocycles. The number of unbranched alkanes of at least 4 members (excludes halogenated alkanes) is 10. The third-order valence-corrected chi connectivity index (χ3v) is 5.95. The fourth-order valence-corrected chi connectivity index (χ4v) is 4.07. The van der Waals surface area contributed by atoms with Crippen LogP contribution in [-0.2, 0) is 4.79 Å². The van der Waals surface area contributed by atoms with E-state index in [1.54, 1.807) is 0 Å². The van der Waals surface area contributed by atoms with Gasteiger partial charge in [-0.25, -0.2) is 0 Å². The lowest BCUT2D eigenvalue weighted by Gasteiger charge is -2.32. The normalized spacial score (nSPS) is 20.0. The lowest BCUT2D eigenvalue weighted by Crippen LogP contribution is -3.00. The molecule has 0 bridgehead atoms. The summed E-state index contributed by atoms with van der Waals surface area (Å²) in [6.45, 7) is 11.3. The van der Waals surface area contributed by atoms with Crippen molar-refractivity contribution in [3.8, 4) is 0 Å². The molecule has 1 rings (SSSR count). The van der Waals surface area contributed by atoms with Gasteiger partial charge in [-0.15, -0.1) is 0 Å². The molecule has 27 heavy (non-hydrogen) atoms. The number of hydrogen-bond acceptors (Lipinski definition) is 1. The van der Waals surface area contributed by atoms with Gasteiger partial charge < -0.3 is 26.4 Å². The zero-order valence-corrected chi connectivity index (χ0v) is 19.8. The number of nitrogens with zero attached hydrogens (tertiary/aromatic N) is 2. The summed E-state index contributed by atoms with van der Waals surface area (Å²) in [5.41, 5.74) is 0. The monoisotopic (exact) mass is 444 g/mol. The fraction of sp³-hybridized carbons (Fsp3) is 0.870. The summed E-state index contributed by atoms with van der Waals surface area (Å²) in [5.74, 6) is 0.382. The summed E-state index contributed by atoms with van der Waals surface area (Å²) >= 11 is 0. The highest BCUT2D eigenvalue weighted by molar-refractivity contribution is 5.76. The first-order valence-corrected chi connectivity index (χ1v) is 11.3. The second-order valence-electron chi connectivity index (χ2n) is 8.56. The molecule has 3 nitrogen and oxygen atoms in total. The van der Waals surface area contributed by atoms with Crippen LogP contribution in [0.25, 0.3) is 0 Å². The third-order valence-electron chi connectivity index (χ3n) is 5.95. The Kier molecular flexibility index (Phi) is 16.4. The highest BCUT2D eigenvalue weighted by Crippen LogP contribution is 2.14. The van der Waals surface area contributed by atoms with Gasteiger partial charge in [0.2, 0.25) is 5.91 Å². The number of quaternary nitrogens is 1. The Morgan fingerprint density at radius 2 is 1.48 bits per heavy atom. The first-order chi connectivity index (χ1) is 12.6. The zero-order valence-electron chi connectivity index (χ0n) is 18.2. The predicted octanol–water partition coefficient (Wildman–Crippen LogP) is 2.56. The summed E-state index contributed by atoms with van der Waals surface area (Å²) in [6.07, 6.45) is 18.6. The summed E-state index contributed by atoms with van der Waals surface area (Å²) in [6, 6.07) is 0. The summed E-state index contributed by atoms with van der Waals surface area (Å²) in [7, 11) is 2.29. The van der Waals surface area contributed by atoms with E-state index in [4.69, 9.17) is 0 Å². The first-order valence-electron chi connectivity index (χ1n) is 11.3. The molecule has 0 spiro atoms. The van der Waals surface area contributed by atoms with Gasteiger partial charge in [-0.2, -0.15) is 0 Å². The van der Waals surface area contributed by atoms with E-state index in [2.05, 4.69) is 25.5 Å². The van der Waals surface area contributed by atoms with Crippen molar-refractivity contribution in [1.82, 2.24) is 4.90 Å². The first kappa shape index (κ1) is 26.6. The lowest BCUT2D eigenvalue weighted by atomic mass is 10.1. The van der Waals surface area contributed by atoms with E-state index < -0.39 is 0 Å². The van der Waals surface area contributed by atoms with Gasteiger partial charge in [0.15, 0.2) is 0 Å². The van der Waals surface area contributed by atoms with Crippen molar-refractivity contribution < 1.29 is 26.3 Å². The molecule has 160 valence electrons. The molecule has 0 aromatic rings. The van der Waals surface area contributed by atoms with Crippen molar-refractivity contribution >= 4 is 5.91 Å². The van der Waals surface area contributed by atoms with Crippen LogP contribution in [0.3, 0.4) is 0 Å². The fourth-order valence-electron chi connectivity index (χ4n) is 4.07. The van der Waals surface area contributed by atoms with Crippen LogP contribution in [0, 0.1) is 0 Å². The molecule has 0 saturated carbocycles. The van der Waals surface area contributed by atoms with Crippen LogP contribution in [0.1, 0.15) is 90.4 Å². The second-order valence-corrected chi connectivity index (χ2v) is 8.56. The van der Waals surface area contributed by atoms with Crippen molar-refractivity contribution in [2.24, 2.45) is 0 Å². The topological polar surface area (TPSA) is 20.3 Å². The molecule has 1 saturated heterocycles. The number of likely N-dealkylation sites (N-methyl/N-ethyl adjacent to an activating group) is 1. The van der Waals surface area contributed by atoms with Crippen LogP contribution < -0.4 is 17.0 Å². The van der Waals surface area contributed by atoms with Crippen LogP contribution in [-0.4, -0.2) is 55.1 Å². The Labute approximate surface area is 179 Å². The molecule has 1 fully saturated rings. The molecule has 0 aromatic carbocycles. The lowest BCUT2D eigenvalue weighted by molar-refractivity contribution is -0.902. The van der Waals surface area contributed by atoms with E-state index in [1.165, 1.54) is 64.2 Å². The largest absolute Gasteiger partial charge is 1.00 e. The molecule has 1 unspecified atom stereocenters. The van der Waals surface area contributed by atoms with Gasteiger partial charge in [0, 0.05) is 19.4 Å². The van der Waals surface area contributed by atoms with E-state index in [9.17, 15) is 4.79 Å². The summed E-state index contributed by atoms with van der Waals surface area (Å²) in [5, 5.41) is 0. The average molecular weight is 446 g/mol.